The van der Waals surface area contributed by atoms with Gasteiger partial charge in [0.1, 0.15) is 5.37 Å². The summed E-state index contributed by atoms with van der Waals surface area (Å²) in [5.74, 6) is 1.05. The largest absolute Gasteiger partial charge is 0.320 e. The Morgan fingerprint density at radius 3 is 2.86 bits per heavy atom. The molecule has 2 heterocycles. The predicted molar refractivity (Wildman–Crippen MR) is 88.8 cm³/mol. The molecule has 4 nitrogen and oxygen atoms in total. The molecular weight excluding hydrogens is 326 g/mol. The van der Waals surface area contributed by atoms with Crippen LogP contribution in [0.3, 0.4) is 0 Å². The Balaban J connectivity index is 2.00. The van der Waals surface area contributed by atoms with Crippen LogP contribution in [0, 0.1) is 0 Å². The zero-order chi connectivity index (χ0) is 15.0. The van der Waals surface area contributed by atoms with E-state index in [9.17, 15) is 13.2 Å². The number of thioether (sulfide) groups is 1. The molecule has 1 aromatic heterocycles. The van der Waals surface area contributed by atoms with Gasteiger partial charge in [0.05, 0.1) is 5.56 Å². The number of benzene rings is 1. The Hall–Kier alpha value is -1.05. The maximum atomic E-state index is 12.8. The molecule has 0 bridgehead atoms. The predicted octanol–water partition coefficient (Wildman–Crippen LogP) is 2.46. The molecule has 1 amide bonds. The molecule has 1 saturated heterocycles. The maximum Gasteiger partial charge on any atom is 0.256 e. The molecule has 112 valence electrons. The average molecular weight is 341 g/mol. The summed E-state index contributed by atoms with van der Waals surface area (Å²) in [7, 11) is -3.28. The van der Waals surface area contributed by atoms with Crippen molar-refractivity contribution < 1.29 is 13.2 Å². The van der Waals surface area contributed by atoms with Gasteiger partial charge in [0.15, 0.2) is 9.84 Å². The highest BCUT2D eigenvalue weighted by molar-refractivity contribution is 8.00. The summed E-state index contributed by atoms with van der Waals surface area (Å²) in [6, 6.07) is 7.71. The highest BCUT2D eigenvalue weighted by atomic mass is 32.2. The Bertz CT molecular complexity index is 782. The SMILES string of the molecule is CS(=O)(=O)[C@H]1CSCCN1C(=O)c1csc2ccccc12. The van der Waals surface area contributed by atoms with Crippen LogP contribution in [0.5, 0.6) is 0 Å². The van der Waals surface area contributed by atoms with Gasteiger partial charge in [-0.25, -0.2) is 8.42 Å². The van der Waals surface area contributed by atoms with Crippen LogP contribution in [0.15, 0.2) is 29.6 Å². The molecule has 0 spiro atoms. The number of fused-ring (bicyclic) bond motifs is 1. The van der Waals surface area contributed by atoms with Gasteiger partial charge in [-0.3, -0.25) is 4.79 Å². The summed E-state index contributed by atoms with van der Waals surface area (Å²) in [4.78, 5) is 14.3. The fourth-order valence-electron chi connectivity index (χ4n) is 2.47. The fraction of sp³-hybridized carbons (Fsp3) is 0.357. The van der Waals surface area contributed by atoms with Crippen molar-refractivity contribution in [1.82, 2.24) is 4.90 Å². The summed E-state index contributed by atoms with van der Waals surface area (Å²) in [6.07, 6.45) is 1.20. The molecule has 0 radical (unpaired) electrons. The van der Waals surface area contributed by atoms with E-state index < -0.39 is 15.2 Å². The van der Waals surface area contributed by atoms with Crippen LogP contribution in [-0.2, 0) is 9.84 Å². The van der Waals surface area contributed by atoms with Gasteiger partial charge in [-0.15, -0.1) is 11.3 Å². The summed E-state index contributed by atoms with van der Waals surface area (Å²) in [6.45, 7) is 0.478. The number of amides is 1. The lowest BCUT2D eigenvalue weighted by Gasteiger charge is -2.34. The first kappa shape index (κ1) is 14.9. The van der Waals surface area contributed by atoms with Crippen molar-refractivity contribution in [3.05, 3.63) is 35.2 Å². The third-order valence-electron chi connectivity index (χ3n) is 3.55. The normalized spacial score (nSPS) is 19.9. The van der Waals surface area contributed by atoms with Gasteiger partial charge in [0.25, 0.3) is 5.91 Å². The minimum atomic E-state index is -3.28. The molecule has 7 heteroatoms. The average Bonchev–Trinajstić information content (AvgIpc) is 2.89. The molecule has 1 fully saturated rings. The van der Waals surface area contributed by atoms with Gasteiger partial charge < -0.3 is 4.90 Å². The number of thiophene rings is 1. The number of hydrogen-bond donors (Lipinski definition) is 0. The van der Waals surface area contributed by atoms with E-state index in [0.29, 0.717) is 17.9 Å². The fourth-order valence-corrected chi connectivity index (χ4v) is 6.22. The van der Waals surface area contributed by atoms with Crippen LogP contribution in [-0.4, -0.2) is 48.9 Å². The van der Waals surface area contributed by atoms with Crippen molar-refractivity contribution in [2.24, 2.45) is 0 Å². The van der Waals surface area contributed by atoms with Crippen molar-refractivity contribution in [3.8, 4) is 0 Å². The second-order valence-corrected chi connectivity index (χ2v) is 9.27. The highest BCUT2D eigenvalue weighted by Crippen LogP contribution is 2.29. The summed E-state index contributed by atoms with van der Waals surface area (Å²) in [5, 5.41) is 2.01. The van der Waals surface area contributed by atoms with Crippen molar-refractivity contribution in [2.75, 3.05) is 24.3 Å². The standard InChI is InChI=1S/C14H15NO3S3/c1-21(17,18)13-9-19-7-6-15(13)14(16)11-8-20-12-5-3-2-4-10(11)12/h2-5,8,13H,6-7,9H2,1H3/t13-/m0/s1. The van der Waals surface area contributed by atoms with Crippen LogP contribution in [0.2, 0.25) is 0 Å². The van der Waals surface area contributed by atoms with E-state index >= 15 is 0 Å². The minimum absolute atomic E-state index is 0.178. The first-order valence-corrected chi connectivity index (χ1v) is 10.5. The molecule has 21 heavy (non-hydrogen) atoms. The number of rotatable bonds is 2. The molecule has 1 aromatic carbocycles. The van der Waals surface area contributed by atoms with Crippen LogP contribution in [0.1, 0.15) is 10.4 Å². The lowest BCUT2D eigenvalue weighted by Crippen LogP contribution is -2.49. The molecular formula is C14H15NO3S3. The zero-order valence-corrected chi connectivity index (χ0v) is 13.9. The lowest BCUT2D eigenvalue weighted by molar-refractivity contribution is 0.0752. The molecule has 2 aromatic rings. The van der Waals surface area contributed by atoms with Crippen molar-refractivity contribution in [2.45, 2.75) is 5.37 Å². The first-order chi connectivity index (χ1) is 9.98. The van der Waals surface area contributed by atoms with Crippen LogP contribution < -0.4 is 0 Å². The smallest absolute Gasteiger partial charge is 0.256 e. The van der Waals surface area contributed by atoms with Crippen molar-refractivity contribution in [1.29, 1.82) is 0 Å². The third-order valence-corrected chi connectivity index (χ3v) is 7.16. The van der Waals surface area contributed by atoms with E-state index in [4.69, 9.17) is 0 Å². The third kappa shape index (κ3) is 2.82. The molecule has 1 aliphatic heterocycles. The first-order valence-electron chi connectivity index (χ1n) is 6.52. The quantitative estimate of drug-likeness (QED) is 0.842. The number of nitrogens with zero attached hydrogens (tertiary/aromatic N) is 1. The van der Waals surface area contributed by atoms with Gasteiger partial charge in [-0.1, -0.05) is 18.2 Å². The Morgan fingerprint density at radius 1 is 1.33 bits per heavy atom. The summed E-state index contributed by atoms with van der Waals surface area (Å²) in [5.41, 5.74) is 0.608. The van der Waals surface area contributed by atoms with Crippen LogP contribution in [0.25, 0.3) is 10.1 Å². The molecule has 1 atom stereocenters. The van der Waals surface area contributed by atoms with Gasteiger partial charge >= 0.3 is 0 Å². The number of sulfone groups is 1. The van der Waals surface area contributed by atoms with Gasteiger partial charge in [-0.05, 0) is 6.07 Å². The van der Waals surface area contributed by atoms with E-state index in [-0.39, 0.29) is 5.91 Å². The van der Waals surface area contributed by atoms with Gasteiger partial charge in [0.2, 0.25) is 0 Å². The highest BCUT2D eigenvalue weighted by Gasteiger charge is 2.35. The monoisotopic (exact) mass is 341 g/mol. The Morgan fingerprint density at radius 2 is 2.10 bits per heavy atom. The Kier molecular flexibility index (Phi) is 3.98. The molecule has 3 rings (SSSR count). The molecule has 0 saturated carbocycles. The molecule has 1 aliphatic rings. The number of carbonyl (C=O) groups excluding carboxylic acids is 1. The summed E-state index contributed by atoms with van der Waals surface area (Å²) >= 11 is 3.09. The van der Waals surface area contributed by atoms with Crippen molar-refractivity contribution >= 4 is 48.9 Å². The second kappa shape index (κ2) is 5.62. The van der Waals surface area contributed by atoms with E-state index in [1.807, 2.05) is 29.6 Å². The van der Waals surface area contributed by atoms with E-state index in [2.05, 4.69) is 0 Å². The lowest BCUT2D eigenvalue weighted by atomic mass is 10.1. The van der Waals surface area contributed by atoms with Crippen molar-refractivity contribution in [3.63, 3.8) is 0 Å². The van der Waals surface area contributed by atoms with E-state index in [1.165, 1.54) is 22.5 Å². The maximum absolute atomic E-state index is 12.8. The van der Waals surface area contributed by atoms with Crippen LogP contribution >= 0.6 is 23.1 Å². The zero-order valence-electron chi connectivity index (χ0n) is 11.5. The van der Waals surface area contributed by atoms with Gasteiger partial charge in [-0.2, -0.15) is 11.8 Å². The number of hydrogen-bond acceptors (Lipinski definition) is 5. The molecule has 0 unspecified atom stereocenters. The minimum Gasteiger partial charge on any atom is -0.320 e. The Labute approximate surface area is 132 Å². The van der Waals surface area contributed by atoms with E-state index in [0.717, 1.165) is 15.8 Å². The van der Waals surface area contributed by atoms with E-state index in [1.54, 1.807) is 11.8 Å². The molecule has 0 N–H and O–H groups in total. The second-order valence-electron chi connectivity index (χ2n) is 5.00. The topological polar surface area (TPSA) is 54.5 Å². The van der Waals surface area contributed by atoms with Gasteiger partial charge in [0, 0.05) is 39.8 Å². The number of carbonyl (C=O) groups is 1. The summed E-state index contributed by atoms with van der Waals surface area (Å²) < 4.78 is 24.9. The van der Waals surface area contributed by atoms with Crippen LogP contribution in [0.4, 0.5) is 0 Å². The molecule has 0 aliphatic carbocycles.